The first kappa shape index (κ1) is 25.1. The number of benzene rings is 2. The maximum atomic E-state index is 14.0. The molecule has 37 heavy (non-hydrogen) atoms. The Kier molecular flexibility index (Phi) is 7.11. The Bertz CT molecular complexity index is 1320. The molecule has 194 valence electrons. The van der Waals surface area contributed by atoms with Gasteiger partial charge in [0.2, 0.25) is 5.91 Å². The number of hydrogen-bond acceptors (Lipinski definition) is 4. The van der Waals surface area contributed by atoms with E-state index in [4.69, 9.17) is 5.73 Å². The fraction of sp³-hybridized carbons (Fsp3) is 0.414. The number of aromatic nitrogens is 2. The third-order valence-corrected chi connectivity index (χ3v) is 7.74. The molecule has 1 saturated carbocycles. The van der Waals surface area contributed by atoms with Crippen LogP contribution in [0.5, 0.6) is 0 Å². The Hall–Kier alpha value is -3.52. The largest absolute Gasteiger partial charge is 0.350 e. The van der Waals surface area contributed by atoms with Crippen molar-refractivity contribution in [3.05, 3.63) is 88.3 Å². The molecular weight excluding hydrogens is 469 g/mol. The Morgan fingerprint density at radius 1 is 1.14 bits per heavy atom. The van der Waals surface area contributed by atoms with Gasteiger partial charge in [-0.3, -0.25) is 9.59 Å². The zero-order valence-corrected chi connectivity index (χ0v) is 21.4. The zero-order valence-electron chi connectivity index (χ0n) is 21.4. The van der Waals surface area contributed by atoms with E-state index in [1.165, 1.54) is 34.9 Å². The highest BCUT2D eigenvalue weighted by Gasteiger charge is 2.38. The molecule has 2 heterocycles. The van der Waals surface area contributed by atoms with Crippen molar-refractivity contribution in [3.63, 3.8) is 0 Å². The monoisotopic (exact) mass is 503 g/mol. The maximum Gasteiger partial charge on any atom is 0.255 e. The number of halogens is 1. The second kappa shape index (κ2) is 10.5. The van der Waals surface area contributed by atoms with Crippen molar-refractivity contribution in [1.29, 1.82) is 0 Å². The first-order valence-electron chi connectivity index (χ1n) is 13.0. The van der Waals surface area contributed by atoms with Gasteiger partial charge in [-0.05, 0) is 56.0 Å². The highest BCUT2D eigenvalue weighted by molar-refractivity contribution is 5.98. The lowest BCUT2D eigenvalue weighted by Gasteiger charge is -2.37. The molecule has 1 aliphatic carbocycles. The molecule has 1 aromatic heterocycles. The molecule has 0 saturated heterocycles. The van der Waals surface area contributed by atoms with E-state index in [2.05, 4.69) is 42.3 Å². The van der Waals surface area contributed by atoms with Gasteiger partial charge in [0.1, 0.15) is 11.9 Å². The lowest BCUT2D eigenvalue weighted by molar-refractivity contribution is -0.127. The molecule has 2 aliphatic rings. The number of nitrogens with two attached hydrogens (primary N) is 1. The van der Waals surface area contributed by atoms with Crippen molar-refractivity contribution in [1.82, 2.24) is 19.8 Å². The summed E-state index contributed by atoms with van der Waals surface area (Å²) in [6.45, 7) is 4.97. The molecule has 0 radical (unpaired) electrons. The van der Waals surface area contributed by atoms with Crippen LogP contribution in [-0.2, 0) is 24.3 Å². The summed E-state index contributed by atoms with van der Waals surface area (Å²) >= 11 is 0. The van der Waals surface area contributed by atoms with E-state index in [0.717, 1.165) is 37.1 Å². The van der Waals surface area contributed by atoms with E-state index in [9.17, 15) is 14.0 Å². The smallest absolute Gasteiger partial charge is 0.255 e. The first-order chi connectivity index (χ1) is 17.8. The fourth-order valence-electron chi connectivity index (χ4n) is 5.51. The minimum Gasteiger partial charge on any atom is -0.350 e. The number of nitrogens with one attached hydrogen (secondary N) is 1. The molecule has 3 atom stereocenters. The maximum absolute atomic E-state index is 14.0. The van der Waals surface area contributed by atoms with E-state index in [1.807, 2.05) is 4.57 Å². The van der Waals surface area contributed by atoms with E-state index in [-0.39, 0.29) is 36.0 Å². The highest BCUT2D eigenvalue weighted by atomic mass is 19.1. The summed E-state index contributed by atoms with van der Waals surface area (Å²) in [6.07, 6.45) is 5.85. The molecule has 2 aromatic carbocycles. The molecule has 3 N–H and O–H groups in total. The number of imidazole rings is 1. The number of carbonyl (C=O) groups is 2. The van der Waals surface area contributed by atoms with E-state index in [1.54, 1.807) is 17.3 Å². The van der Waals surface area contributed by atoms with E-state index >= 15 is 0 Å². The summed E-state index contributed by atoms with van der Waals surface area (Å²) in [6, 6.07) is 11.0. The molecule has 3 unspecified atom stereocenters. The van der Waals surface area contributed by atoms with Crippen LogP contribution in [0.3, 0.4) is 0 Å². The second-order valence-electron chi connectivity index (χ2n) is 10.4. The lowest BCUT2D eigenvalue weighted by Crippen LogP contribution is -2.57. The van der Waals surface area contributed by atoms with Crippen LogP contribution >= 0.6 is 0 Å². The van der Waals surface area contributed by atoms with Crippen LogP contribution < -0.4 is 11.1 Å². The number of rotatable bonds is 5. The summed E-state index contributed by atoms with van der Waals surface area (Å²) in [7, 11) is 0. The van der Waals surface area contributed by atoms with Crippen LogP contribution in [0.2, 0.25) is 0 Å². The standard InChI is InChI=1S/C29H34FN5O2/c1-18-10-11-19(2)21(12-18)15-34-17-32-25-14-26(28(36)33-24-9-4-3-8-23(24)31)35(16-27(25)34)29(37)20-6-5-7-22(30)13-20/h5-7,10-13,17,23-24,26H,3-4,8-9,14-16,31H2,1-2H3,(H,33,36). The summed E-state index contributed by atoms with van der Waals surface area (Å²) in [5.74, 6) is -1.10. The number of carbonyl (C=O) groups excluding carboxylic acids is 2. The average Bonchev–Trinajstić information content (AvgIpc) is 3.28. The van der Waals surface area contributed by atoms with Crippen LogP contribution in [0.1, 0.15) is 64.1 Å². The summed E-state index contributed by atoms with van der Waals surface area (Å²) in [5.41, 5.74) is 11.7. The topological polar surface area (TPSA) is 93.2 Å². The molecule has 0 spiro atoms. The Labute approximate surface area is 216 Å². The third-order valence-electron chi connectivity index (χ3n) is 7.74. The summed E-state index contributed by atoms with van der Waals surface area (Å²) in [5, 5.41) is 3.11. The second-order valence-corrected chi connectivity index (χ2v) is 10.4. The number of hydrogen-bond donors (Lipinski definition) is 2. The molecule has 3 aromatic rings. The van der Waals surface area contributed by atoms with Crippen molar-refractivity contribution >= 4 is 11.8 Å². The predicted octanol–water partition coefficient (Wildman–Crippen LogP) is 3.64. The molecule has 1 aliphatic heterocycles. The molecule has 0 bridgehead atoms. The van der Waals surface area contributed by atoms with E-state index in [0.29, 0.717) is 13.0 Å². The van der Waals surface area contributed by atoms with E-state index < -0.39 is 11.9 Å². The molecule has 7 nitrogen and oxygen atoms in total. The van der Waals surface area contributed by atoms with Crippen LogP contribution in [0.15, 0.2) is 48.8 Å². The third kappa shape index (κ3) is 5.30. The van der Waals surface area contributed by atoms with Crippen LogP contribution in [0, 0.1) is 19.7 Å². The number of aryl methyl sites for hydroxylation is 2. The van der Waals surface area contributed by atoms with Gasteiger partial charge >= 0.3 is 0 Å². The molecule has 2 amide bonds. The number of fused-ring (bicyclic) bond motifs is 1. The van der Waals surface area contributed by atoms with Crippen molar-refractivity contribution in [3.8, 4) is 0 Å². The minimum atomic E-state index is -0.749. The Morgan fingerprint density at radius 3 is 2.73 bits per heavy atom. The van der Waals surface area contributed by atoms with Crippen LogP contribution in [0.25, 0.3) is 0 Å². The Morgan fingerprint density at radius 2 is 1.95 bits per heavy atom. The van der Waals surface area contributed by atoms with Gasteiger partial charge < -0.3 is 20.5 Å². The average molecular weight is 504 g/mol. The van der Waals surface area contributed by atoms with Crippen molar-refractivity contribution in [2.45, 2.75) is 77.2 Å². The summed E-state index contributed by atoms with van der Waals surface area (Å²) in [4.78, 5) is 33.4. The minimum absolute atomic E-state index is 0.0963. The van der Waals surface area contributed by atoms with Crippen LogP contribution in [-0.4, -0.2) is 44.4 Å². The highest BCUT2D eigenvalue weighted by Crippen LogP contribution is 2.27. The first-order valence-corrected chi connectivity index (χ1v) is 13.0. The predicted molar refractivity (Wildman–Crippen MR) is 139 cm³/mol. The molecule has 5 rings (SSSR count). The molecule has 8 heteroatoms. The van der Waals surface area contributed by atoms with Gasteiger partial charge in [0.05, 0.1) is 24.3 Å². The lowest BCUT2D eigenvalue weighted by atomic mass is 9.90. The van der Waals surface area contributed by atoms with Gasteiger partial charge in [0, 0.05) is 30.6 Å². The van der Waals surface area contributed by atoms with Crippen molar-refractivity contribution in [2.75, 3.05) is 0 Å². The SMILES string of the molecule is Cc1ccc(C)c(Cn2cnc3c2CN(C(=O)c2cccc(F)c2)C(C(=O)NC2CCCCC2N)C3)c1. The van der Waals surface area contributed by atoms with Gasteiger partial charge in [0.15, 0.2) is 0 Å². The van der Waals surface area contributed by atoms with Gasteiger partial charge in [0.25, 0.3) is 5.91 Å². The van der Waals surface area contributed by atoms with Crippen molar-refractivity contribution in [2.24, 2.45) is 5.73 Å². The van der Waals surface area contributed by atoms with Crippen LogP contribution in [0.4, 0.5) is 4.39 Å². The molecular formula is C29H34FN5O2. The van der Waals surface area contributed by atoms with Gasteiger partial charge in [-0.25, -0.2) is 9.37 Å². The quantitative estimate of drug-likeness (QED) is 0.556. The zero-order chi connectivity index (χ0) is 26.1. The molecule has 1 fully saturated rings. The number of nitrogens with zero attached hydrogens (tertiary/aromatic N) is 3. The Balaban J connectivity index is 1.46. The normalized spacial score (nSPS) is 21.4. The summed E-state index contributed by atoms with van der Waals surface area (Å²) < 4.78 is 16.0. The van der Waals surface area contributed by atoms with Gasteiger partial charge in [-0.15, -0.1) is 0 Å². The van der Waals surface area contributed by atoms with Crippen molar-refractivity contribution < 1.29 is 14.0 Å². The number of amides is 2. The van der Waals surface area contributed by atoms with Gasteiger partial charge in [-0.2, -0.15) is 0 Å². The fourth-order valence-corrected chi connectivity index (χ4v) is 5.51. The van der Waals surface area contributed by atoms with Gasteiger partial charge in [-0.1, -0.05) is 42.7 Å².